The second kappa shape index (κ2) is 12.5. The maximum atomic E-state index is 3.64. The van der Waals surface area contributed by atoms with Crippen molar-refractivity contribution in [1.29, 1.82) is 0 Å². The molecule has 0 saturated heterocycles. The monoisotopic (exact) mass is 276 g/mol. The molecule has 1 heteroatoms. The Labute approximate surface area is 105 Å². The van der Waals surface area contributed by atoms with Crippen LogP contribution >= 0.6 is 15.9 Å². The quantitative estimate of drug-likeness (QED) is 0.324. The van der Waals surface area contributed by atoms with Crippen LogP contribution in [0.15, 0.2) is 0 Å². The van der Waals surface area contributed by atoms with Crippen LogP contribution in [-0.4, -0.2) is 5.33 Å². The van der Waals surface area contributed by atoms with E-state index in [1.165, 1.54) is 69.5 Å². The number of rotatable bonds is 11. The number of hydrogen-bond acceptors (Lipinski definition) is 0. The minimum atomic E-state index is 0.941. The van der Waals surface area contributed by atoms with Gasteiger partial charge in [0.25, 0.3) is 0 Å². The molecule has 0 N–H and O–H groups in total. The van der Waals surface area contributed by atoms with Gasteiger partial charge in [-0.25, -0.2) is 0 Å². The Kier molecular flexibility index (Phi) is 13.0. The lowest BCUT2D eigenvalue weighted by Gasteiger charge is -2.12. The van der Waals surface area contributed by atoms with Crippen molar-refractivity contribution >= 4 is 15.9 Å². The molecule has 0 radical (unpaired) electrons. The maximum Gasteiger partial charge on any atom is 0.00596 e. The third kappa shape index (κ3) is 10.8. The van der Waals surface area contributed by atoms with Gasteiger partial charge in [0.1, 0.15) is 0 Å². The van der Waals surface area contributed by atoms with Gasteiger partial charge in [-0.2, -0.15) is 0 Å². The standard InChI is InChI=1S/C14H29Br/c1-3-5-7-8-9-10-12-14(13-15)11-6-4-2/h14H,3-13H2,1-2H3. The van der Waals surface area contributed by atoms with Gasteiger partial charge < -0.3 is 0 Å². The van der Waals surface area contributed by atoms with E-state index in [2.05, 4.69) is 29.8 Å². The van der Waals surface area contributed by atoms with Crippen molar-refractivity contribution in [2.45, 2.75) is 78.1 Å². The Hall–Kier alpha value is 0.480. The van der Waals surface area contributed by atoms with Crippen molar-refractivity contribution in [2.24, 2.45) is 5.92 Å². The average molecular weight is 277 g/mol. The molecule has 0 spiro atoms. The minimum Gasteiger partial charge on any atom is -0.0925 e. The number of hydrogen-bond donors (Lipinski definition) is 0. The van der Waals surface area contributed by atoms with Crippen LogP contribution in [0.4, 0.5) is 0 Å². The first kappa shape index (κ1) is 15.5. The highest BCUT2D eigenvalue weighted by Gasteiger charge is 2.05. The molecular weight excluding hydrogens is 248 g/mol. The normalized spacial score (nSPS) is 13.0. The van der Waals surface area contributed by atoms with E-state index in [4.69, 9.17) is 0 Å². The van der Waals surface area contributed by atoms with E-state index < -0.39 is 0 Å². The first-order valence-corrected chi connectivity index (χ1v) is 8.03. The number of halogens is 1. The summed E-state index contributed by atoms with van der Waals surface area (Å²) in [6, 6.07) is 0. The molecule has 1 atom stereocenters. The highest BCUT2D eigenvalue weighted by atomic mass is 79.9. The van der Waals surface area contributed by atoms with Crippen molar-refractivity contribution in [3.63, 3.8) is 0 Å². The highest BCUT2D eigenvalue weighted by Crippen LogP contribution is 2.19. The molecule has 0 rings (SSSR count). The number of alkyl halides is 1. The van der Waals surface area contributed by atoms with Gasteiger partial charge in [0.2, 0.25) is 0 Å². The fourth-order valence-electron chi connectivity index (χ4n) is 2.00. The second-order valence-electron chi connectivity index (χ2n) is 4.72. The van der Waals surface area contributed by atoms with Crippen LogP contribution < -0.4 is 0 Å². The van der Waals surface area contributed by atoms with E-state index in [-0.39, 0.29) is 0 Å². The molecule has 0 bridgehead atoms. The Morgan fingerprint density at radius 2 is 1.27 bits per heavy atom. The summed E-state index contributed by atoms with van der Waals surface area (Å²) < 4.78 is 0. The highest BCUT2D eigenvalue weighted by molar-refractivity contribution is 9.09. The van der Waals surface area contributed by atoms with Crippen molar-refractivity contribution in [1.82, 2.24) is 0 Å². The SMILES string of the molecule is CCCCCCCCC(CBr)CCCC. The molecule has 0 heterocycles. The lowest BCUT2D eigenvalue weighted by atomic mass is 9.97. The molecule has 0 aliphatic rings. The van der Waals surface area contributed by atoms with Crippen molar-refractivity contribution in [3.8, 4) is 0 Å². The van der Waals surface area contributed by atoms with E-state index in [0.717, 1.165) is 5.92 Å². The largest absolute Gasteiger partial charge is 0.0925 e. The van der Waals surface area contributed by atoms with Gasteiger partial charge in [0, 0.05) is 5.33 Å². The summed E-state index contributed by atoms with van der Waals surface area (Å²) >= 11 is 3.64. The minimum absolute atomic E-state index is 0.941. The van der Waals surface area contributed by atoms with Gasteiger partial charge in [0.05, 0.1) is 0 Å². The van der Waals surface area contributed by atoms with Gasteiger partial charge in [-0.1, -0.05) is 81.1 Å². The van der Waals surface area contributed by atoms with E-state index in [1.54, 1.807) is 0 Å². The third-order valence-electron chi connectivity index (χ3n) is 3.15. The fraction of sp³-hybridized carbons (Fsp3) is 1.00. The van der Waals surface area contributed by atoms with Gasteiger partial charge >= 0.3 is 0 Å². The lowest BCUT2D eigenvalue weighted by Crippen LogP contribution is -2.01. The van der Waals surface area contributed by atoms with Crippen LogP contribution in [0.5, 0.6) is 0 Å². The Balaban J connectivity index is 3.22. The summed E-state index contributed by atoms with van der Waals surface area (Å²) in [5.41, 5.74) is 0. The van der Waals surface area contributed by atoms with Gasteiger partial charge in [-0.3, -0.25) is 0 Å². The zero-order chi connectivity index (χ0) is 11.4. The molecule has 0 aromatic rings. The predicted octanol–water partition coefficient (Wildman–Crippen LogP) is 5.94. The van der Waals surface area contributed by atoms with Crippen LogP contribution in [0.2, 0.25) is 0 Å². The van der Waals surface area contributed by atoms with Gasteiger partial charge in [0.15, 0.2) is 0 Å². The summed E-state index contributed by atoms with van der Waals surface area (Å²) in [4.78, 5) is 0. The zero-order valence-electron chi connectivity index (χ0n) is 10.7. The van der Waals surface area contributed by atoms with E-state index in [1.807, 2.05) is 0 Å². The Bertz CT molecular complexity index is 112. The fourth-order valence-corrected chi connectivity index (χ4v) is 2.65. The van der Waals surface area contributed by atoms with Crippen LogP contribution in [0.25, 0.3) is 0 Å². The van der Waals surface area contributed by atoms with Crippen LogP contribution in [0.3, 0.4) is 0 Å². The molecule has 1 unspecified atom stereocenters. The van der Waals surface area contributed by atoms with Crippen molar-refractivity contribution < 1.29 is 0 Å². The molecule has 15 heavy (non-hydrogen) atoms. The Morgan fingerprint density at radius 1 is 0.733 bits per heavy atom. The summed E-state index contributed by atoms with van der Waals surface area (Å²) in [6.45, 7) is 4.57. The molecule has 0 nitrogen and oxygen atoms in total. The second-order valence-corrected chi connectivity index (χ2v) is 5.37. The first-order chi connectivity index (χ1) is 7.35. The molecule has 0 aromatic carbocycles. The Morgan fingerprint density at radius 3 is 1.87 bits per heavy atom. The van der Waals surface area contributed by atoms with E-state index in [0.29, 0.717) is 0 Å². The van der Waals surface area contributed by atoms with Gasteiger partial charge in [-0.05, 0) is 18.8 Å². The summed E-state index contributed by atoms with van der Waals surface area (Å²) in [5.74, 6) is 0.941. The van der Waals surface area contributed by atoms with E-state index in [9.17, 15) is 0 Å². The molecule has 92 valence electrons. The molecule has 0 saturated carbocycles. The summed E-state index contributed by atoms with van der Waals surface area (Å²) in [6.07, 6.45) is 14.2. The smallest absolute Gasteiger partial charge is 0.00596 e. The molecule has 0 fully saturated rings. The van der Waals surface area contributed by atoms with Crippen LogP contribution in [-0.2, 0) is 0 Å². The lowest BCUT2D eigenvalue weighted by molar-refractivity contribution is 0.450. The summed E-state index contributed by atoms with van der Waals surface area (Å²) in [5, 5.41) is 1.21. The van der Waals surface area contributed by atoms with Crippen molar-refractivity contribution in [3.05, 3.63) is 0 Å². The van der Waals surface area contributed by atoms with Crippen LogP contribution in [0.1, 0.15) is 78.1 Å². The topological polar surface area (TPSA) is 0 Å². The molecule has 0 aromatic heterocycles. The average Bonchev–Trinajstić information content (AvgIpc) is 2.27. The zero-order valence-corrected chi connectivity index (χ0v) is 12.3. The molecular formula is C14H29Br. The van der Waals surface area contributed by atoms with Crippen LogP contribution in [0, 0.1) is 5.92 Å². The molecule has 0 aliphatic heterocycles. The van der Waals surface area contributed by atoms with E-state index >= 15 is 0 Å². The predicted molar refractivity (Wildman–Crippen MR) is 74.8 cm³/mol. The van der Waals surface area contributed by atoms with Crippen molar-refractivity contribution in [2.75, 3.05) is 5.33 Å². The summed E-state index contributed by atoms with van der Waals surface area (Å²) in [7, 11) is 0. The van der Waals surface area contributed by atoms with Gasteiger partial charge in [-0.15, -0.1) is 0 Å². The number of unbranched alkanes of at least 4 members (excludes halogenated alkanes) is 6. The first-order valence-electron chi connectivity index (χ1n) is 6.91. The maximum absolute atomic E-state index is 3.64. The third-order valence-corrected chi connectivity index (χ3v) is 4.07. The molecule has 0 amide bonds. The molecule has 0 aliphatic carbocycles.